The van der Waals surface area contributed by atoms with Gasteiger partial charge in [-0.1, -0.05) is 20.8 Å². The molecule has 0 aliphatic heterocycles. The fraction of sp³-hybridized carbons (Fsp3) is 0.522. The van der Waals surface area contributed by atoms with E-state index >= 15 is 4.39 Å². The first-order chi connectivity index (χ1) is 15.6. The molecule has 1 unspecified atom stereocenters. The number of benzene rings is 1. The molecule has 194 valence electrons. The van der Waals surface area contributed by atoms with E-state index in [1.54, 1.807) is 0 Å². The molecular formula is C23H29F5N2O4Si. The third-order valence-electron chi connectivity index (χ3n) is 6.29. The quantitative estimate of drug-likeness (QED) is 0.200. The van der Waals surface area contributed by atoms with Crippen molar-refractivity contribution in [2.75, 3.05) is 6.54 Å². The number of alkyl halides is 3. The zero-order valence-corrected chi connectivity index (χ0v) is 21.6. The molecule has 0 fully saturated rings. The Hall–Kier alpha value is -2.44. The molecule has 6 nitrogen and oxygen atoms in total. The average molecular weight is 521 g/mol. The van der Waals surface area contributed by atoms with Crippen LogP contribution in [0.25, 0.3) is 11.3 Å². The van der Waals surface area contributed by atoms with E-state index in [1.165, 1.54) is 13.8 Å². The van der Waals surface area contributed by atoms with Crippen LogP contribution in [-0.4, -0.2) is 36.1 Å². The molecule has 0 aliphatic carbocycles. The summed E-state index contributed by atoms with van der Waals surface area (Å²) in [5.74, 6) is -1.72. The predicted molar refractivity (Wildman–Crippen MR) is 123 cm³/mol. The van der Waals surface area contributed by atoms with E-state index in [1.807, 2.05) is 33.9 Å². The molecule has 2 aromatic rings. The summed E-state index contributed by atoms with van der Waals surface area (Å²) in [6.45, 7) is 10.5. The minimum Gasteiger partial charge on any atom is -0.408 e. The van der Waals surface area contributed by atoms with Crippen LogP contribution in [0.3, 0.4) is 0 Å². The van der Waals surface area contributed by atoms with Crippen molar-refractivity contribution in [1.29, 1.82) is 0 Å². The second-order valence-electron chi connectivity index (χ2n) is 10.4. The number of nitro groups is 1. The van der Waals surface area contributed by atoms with Crippen molar-refractivity contribution < 1.29 is 36.4 Å². The molecule has 0 saturated carbocycles. The number of pyridine rings is 1. The van der Waals surface area contributed by atoms with Crippen LogP contribution in [0.2, 0.25) is 18.1 Å². The van der Waals surface area contributed by atoms with Crippen molar-refractivity contribution in [3.05, 3.63) is 63.3 Å². The number of nitrogens with zero attached hydrogens (tertiary/aromatic N) is 2. The van der Waals surface area contributed by atoms with Crippen LogP contribution in [0, 0.1) is 21.7 Å². The van der Waals surface area contributed by atoms with Crippen molar-refractivity contribution >= 4 is 8.32 Å². The van der Waals surface area contributed by atoms with Crippen molar-refractivity contribution in [1.82, 2.24) is 4.98 Å². The molecule has 1 aromatic heterocycles. The summed E-state index contributed by atoms with van der Waals surface area (Å²) in [6, 6.07) is 4.80. The monoisotopic (exact) mass is 520 g/mol. The van der Waals surface area contributed by atoms with Crippen LogP contribution in [0.1, 0.15) is 45.9 Å². The zero-order chi connectivity index (χ0) is 27.2. The third kappa shape index (κ3) is 5.87. The summed E-state index contributed by atoms with van der Waals surface area (Å²) in [6.07, 6.45) is -5.51. The lowest BCUT2D eigenvalue weighted by Crippen LogP contribution is -2.49. The van der Waals surface area contributed by atoms with E-state index in [-0.39, 0.29) is 16.2 Å². The van der Waals surface area contributed by atoms with Gasteiger partial charge in [0.05, 0.1) is 11.3 Å². The average Bonchev–Trinajstić information content (AvgIpc) is 2.65. The van der Waals surface area contributed by atoms with Crippen molar-refractivity contribution in [3.63, 3.8) is 0 Å². The largest absolute Gasteiger partial charge is 0.429 e. The topological polar surface area (TPSA) is 85.5 Å². The molecular weight excluding hydrogens is 491 g/mol. The molecule has 1 aromatic carbocycles. The maximum atomic E-state index is 15.8. The van der Waals surface area contributed by atoms with E-state index in [0.29, 0.717) is 6.07 Å². The minimum absolute atomic E-state index is 0.0826. The zero-order valence-electron chi connectivity index (χ0n) is 20.6. The van der Waals surface area contributed by atoms with Gasteiger partial charge in [-0.15, -0.1) is 0 Å². The Morgan fingerprint density at radius 1 is 1.06 bits per heavy atom. The highest BCUT2D eigenvalue weighted by molar-refractivity contribution is 6.74. The summed E-state index contributed by atoms with van der Waals surface area (Å²) in [5.41, 5.74) is -7.78. The van der Waals surface area contributed by atoms with E-state index < -0.39 is 60.2 Å². The van der Waals surface area contributed by atoms with Gasteiger partial charge in [0.1, 0.15) is 11.5 Å². The Balaban J connectivity index is 2.90. The Bertz CT molecular complexity index is 1100. The van der Waals surface area contributed by atoms with Gasteiger partial charge in [-0.25, -0.2) is 13.8 Å². The Morgan fingerprint density at radius 3 is 2.00 bits per heavy atom. The van der Waals surface area contributed by atoms with Crippen LogP contribution in [0.5, 0.6) is 0 Å². The second-order valence-corrected chi connectivity index (χ2v) is 15.2. The molecule has 0 aliphatic rings. The number of aromatic nitrogens is 1. The number of hydrogen-bond acceptors (Lipinski definition) is 5. The summed E-state index contributed by atoms with van der Waals surface area (Å²) in [5, 5.41) is 21.2. The van der Waals surface area contributed by atoms with Crippen molar-refractivity contribution in [3.8, 4) is 11.3 Å². The Morgan fingerprint density at radius 2 is 1.57 bits per heavy atom. The molecule has 0 saturated heterocycles. The Kier molecular flexibility index (Phi) is 7.58. The van der Waals surface area contributed by atoms with E-state index in [0.717, 1.165) is 24.3 Å². The number of halogens is 5. The van der Waals surface area contributed by atoms with Crippen molar-refractivity contribution in [2.24, 2.45) is 0 Å². The maximum Gasteiger partial charge on any atom is 0.429 e. The van der Waals surface area contributed by atoms with Gasteiger partial charge >= 0.3 is 6.18 Å². The number of aliphatic hydroxyl groups is 1. The smallest absolute Gasteiger partial charge is 0.408 e. The van der Waals surface area contributed by atoms with Gasteiger partial charge in [-0.3, -0.25) is 10.1 Å². The molecule has 0 bridgehead atoms. The van der Waals surface area contributed by atoms with Gasteiger partial charge in [0, 0.05) is 16.1 Å². The van der Waals surface area contributed by atoms with Crippen LogP contribution in [0.4, 0.5) is 22.0 Å². The molecule has 2 rings (SSSR count). The first-order valence-electron chi connectivity index (χ1n) is 10.7. The van der Waals surface area contributed by atoms with Gasteiger partial charge < -0.3 is 9.53 Å². The summed E-state index contributed by atoms with van der Waals surface area (Å²) in [4.78, 5) is 13.4. The van der Waals surface area contributed by atoms with Crippen LogP contribution < -0.4 is 0 Å². The normalized spacial score (nSPS) is 15.1. The van der Waals surface area contributed by atoms with E-state index in [2.05, 4.69) is 4.98 Å². The lowest BCUT2D eigenvalue weighted by atomic mass is 9.90. The second kappa shape index (κ2) is 9.21. The molecule has 1 heterocycles. The van der Waals surface area contributed by atoms with Gasteiger partial charge in [-0.2, -0.15) is 13.2 Å². The summed E-state index contributed by atoms with van der Waals surface area (Å²) >= 11 is 0. The van der Waals surface area contributed by atoms with Crippen LogP contribution >= 0.6 is 0 Å². The highest BCUT2D eigenvalue weighted by Gasteiger charge is 2.60. The molecule has 0 amide bonds. The van der Waals surface area contributed by atoms with Gasteiger partial charge in [0.25, 0.3) is 5.60 Å². The van der Waals surface area contributed by atoms with Crippen LogP contribution in [-0.2, 0) is 15.6 Å². The first kappa shape index (κ1) is 28.8. The summed E-state index contributed by atoms with van der Waals surface area (Å²) in [7, 11) is -2.61. The minimum atomic E-state index is -5.51. The third-order valence-corrected chi connectivity index (χ3v) is 10.9. The predicted octanol–water partition coefficient (Wildman–Crippen LogP) is 6.31. The van der Waals surface area contributed by atoms with Crippen LogP contribution in [0.15, 0.2) is 30.3 Å². The maximum absolute atomic E-state index is 15.8. The number of rotatable bonds is 7. The van der Waals surface area contributed by atoms with Gasteiger partial charge in [-0.05, 0) is 62.3 Å². The lowest BCUT2D eigenvalue weighted by Gasteiger charge is -2.43. The SMILES string of the molecule is CC(C)(O[Si](C)(C)C(C)(C)C)c1cc(C(O)(C[N+](=O)[O-])C(F)(F)F)nc(-c2ccc(F)cc2)c1F. The first-order valence-corrected chi connectivity index (χ1v) is 13.6. The van der Waals surface area contributed by atoms with E-state index in [9.17, 15) is 32.8 Å². The number of hydrogen-bond donors (Lipinski definition) is 1. The fourth-order valence-electron chi connectivity index (χ4n) is 3.33. The molecule has 1 N–H and O–H groups in total. The van der Waals surface area contributed by atoms with Crippen molar-refractivity contribution in [2.45, 2.75) is 70.1 Å². The fourth-order valence-corrected chi connectivity index (χ4v) is 5.02. The highest BCUT2D eigenvalue weighted by atomic mass is 28.4. The highest BCUT2D eigenvalue weighted by Crippen LogP contribution is 2.45. The molecule has 0 radical (unpaired) electrons. The summed E-state index contributed by atoms with van der Waals surface area (Å²) < 4.78 is 77.4. The standard InChI is InChI=1S/C23H29F5N2O4Si/c1-20(2,3)35(6,7)34-21(4,5)16-12-17(22(31,13-30(32)33)23(26,27)28)29-19(18(16)25)14-8-10-15(24)11-9-14/h8-12,31H,13H2,1-7H3. The molecule has 35 heavy (non-hydrogen) atoms. The molecule has 1 atom stereocenters. The van der Waals surface area contributed by atoms with E-state index in [4.69, 9.17) is 4.43 Å². The lowest BCUT2D eigenvalue weighted by molar-refractivity contribution is -0.519. The molecule has 0 spiro atoms. The van der Waals surface area contributed by atoms with Gasteiger partial charge in [0.2, 0.25) is 6.54 Å². The molecule has 12 heteroatoms. The van der Waals surface area contributed by atoms with Gasteiger partial charge in [0.15, 0.2) is 14.1 Å². The Labute approximate surface area is 201 Å².